The van der Waals surface area contributed by atoms with Crippen molar-refractivity contribution >= 4 is 17.3 Å². The molecule has 5 nitrogen and oxygen atoms in total. The van der Waals surface area contributed by atoms with Crippen molar-refractivity contribution < 1.29 is 9.18 Å². The van der Waals surface area contributed by atoms with Gasteiger partial charge in [-0.2, -0.15) is 0 Å². The van der Waals surface area contributed by atoms with Gasteiger partial charge >= 0.3 is 0 Å². The van der Waals surface area contributed by atoms with E-state index >= 15 is 0 Å². The Bertz CT molecular complexity index is 690. The SMILES string of the molecule is Cc1cc(F)cc(NC(=O)Cn2cc(N)ccc2=O)c1. The Labute approximate surface area is 114 Å². The van der Waals surface area contributed by atoms with Gasteiger partial charge in [-0.25, -0.2) is 4.39 Å². The predicted molar refractivity (Wildman–Crippen MR) is 74.9 cm³/mol. The number of amides is 1. The Morgan fingerprint density at radius 1 is 1.35 bits per heavy atom. The maximum atomic E-state index is 13.2. The molecule has 20 heavy (non-hydrogen) atoms. The number of aryl methyl sites for hydroxylation is 1. The van der Waals surface area contributed by atoms with Crippen molar-refractivity contribution in [2.24, 2.45) is 0 Å². The number of halogens is 1. The largest absolute Gasteiger partial charge is 0.398 e. The van der Waals surface area contributed by atoms with Gasteiger partial charge in [-0.1, -0.05) is 0 Å². The van der Waals surface area contributed by atoms with Crippen molar-refractivity contribution in [1.29, 1.82) is 0 Å². The van der Waals surface area contributed by atoms with E-state index in [1.807, 2.05) is 0 Å². The van der Waals surface area contributed by atoms with Gasteiger partial charge in [0.25, 0.3) is 5.56 Å². The molecule has 1 amide bonds. The maximum absolute atomic E-state index is 13.2. The Kier molecular flexibility index (Phi) is 3.84. The molecule has 0 aliphatic rings. The van der Waals surface area contributed by atoms with Crippen molar-refractivity contribution in [1.82, 2.24) is 4.57 Å². The lowest BCUT2D eigenvalue weighted by molar-refractivity contribution is -0.116. The fourth-order valence-corrected chi connectivity index (χ4v) is 1.84. The van der Waals surface area contributed by atoms with Crippen LogP contribution in [0.4, 0.5) is 15.8 Å². The number of hydrogen-bond acceptors (Lipinski definition) is 3. The second-order valence-electron chi connectivity index (χ2n) is 4.49. The Morgan fingerprint density at radius 3 is 2.80 bits per heavy atom. The van der Waals surface area contributed by atoms with Gasteiger partial charge in [0, 0.05) is 23.6 Å². The molecule has 0 saturated heterocycles. The van der Waals surface area contributed by atoms with Crippen LogP contribution in [0.3, 0.4) is 0 Å². The molecule has 0 spiro atoms. The van der Waals surface area contributed by atoms with Crippen LogP contribution in [-0.2, 0) is 11.3 Å². The minimum atomic E-state index is -0.429. The third-order valence-electron chi connectivity index (χ3n) is 2.65. The smallest absolute Gasteiger partial charge is 0.251 e. The summed E-state index contributed by atoms with van der Waals surface area (Å²) in [5.74, 6) is -0.857. The number of nitrogens with one attached hydrogen (secondary N) is 1. The first-order chi connectivity index (χ1) is 9.44. The van der Waals surface area contributed by atoms with Crippen molar-refractivity contribution in [3.8, 4) is 0 Å². The first-order valence-corrected chi connectivity index (χ1v) is 5.97. The number of hydrogen-bond donors (Lipinski definition) is 2. The second-order valence-corrected chi connectivity index (χ2v) is 4.49. The first kappa shape index (κ1) is 13.8. The molecule has 3 N–H and O–H groups in total. The zero-order valence-corrected chi connectivity index (χ0v) is 10.9. The summed E-state index contributed by atoms with van der Waals surface area (Å²) in [6, 6.07) is 6.97. The number of carbonyl (C=O) groups is 1. The summed E-state index contributed by atoms with van der Waals surface area (Å²) >= 11 is 0. The normalized spacial score (nSPS) is 10.3. The molecule has 0 atom stereocenters. The van der Waals surface area contributed by atoms with Gasteiger partial charge in [0.15, 0.2) is 0 Å². The van der Waals surface area contributed by atoms with Crippen molar-refractivity contribution in [3.63, 3.8) is 0 Å². The molecule has 0 bridgehead atoms. The predicted octanol–water partition coefficient (Wildman–Crippen LogP) is 1.52. The van der Waals surface area contributed by atoms with Gasteiger partial charge in [-0.05, 0) is 36.8 Å². The average Bonchev–Trinajstić information content (AvgIpc) is 2.32. The number of nitrogen functional groups attached to an aromatic ring is 1. The summed E-state index contributed by atoms with van der Waals surface area (Å²) < 4.78 is 14.4. The average molecular weight is 275 g/mol. The zero-order chi connectivity index (χ0) is 14.7. The van der Waals surface area contributed by atoms with Crippen LogP contribution in [0, 0.1) is 12.7 Å². The van der Waals surface area contributed by atoms with Crippen LogP contribution in [0.5, 0.6) is 0 Å². The molecule has 0 aliphatic carbocycles. The number of aromatic nitrogens is 1. The monoisotopic (exact) mass is 275 g/mol. The minimum Gasteiger partial charge on any atom is -0.398 e. The highest BCUT2D eigenvalue weighted by molar-refractivity contribution is 5.90. The molecule has 2 rings (SSSR count). The number of carbonyl (C=O) groups excluding carboxylic acids is 1. The van der Waals surface area contributed by atoms with Crippen LogP contribution >= 0.6 is 0 Å². The molecule has 1 aromatic carbocycles. The summed E-state index contributed by atoms with van der Waals surface area (Å²) in [5.41, 5.74) is 6.66. The minimum absolute atomic E-state index is 0.181. The fourth-order valence-electron chi connectivity index (χ4n) is 1.84. The van der Waals surface area contributed by atoms with Gasteiger partial charge < -0.3 is 15.6 Å². The molecule has 2 aromatic rings. The number of nitrogens with two attached hydrogens (primary N) is 1. The standard InChI is InChI=1S/C14H14FN3O2/c1-9-4-10(15)6-12(5-9)17-13(19)8-18-7-11(16)2-3-14(18)20/h2-7H,8,16H2,1H3,(H,17,19). The van der Waals surface area contributed by atoms with Crippen molar-refractivity contribution in [2.45, 2.75) is 13.5 Å². The van der Waals surface area contributed by atoms with Crippen LogP contribution in [0.15, 0.2) is 41.3 Å². The quantitative estimate of drug-likeness (QED) is 0.891. The first-order valence-electron chi connectivity index (χ1n) is 5.97. The van der Waals surface area contributed by atoms with Gasteiger partial charge in [0.2, 0.25) is 5.91 Å². The third kappa shape index (κ3) is 3.44. The Hall–Kier alpha value is -2.63. The summed E-state index contributed by atoms with van der Waals surface area (Å²) in [4.78, 5) is 23.4. The van der Waals surface area contributed by atoms with Crippen LogP contribution < -0.4 is 16.6 Å². The van der Waals surface area contributed by atoms with E-state index in [-0.39, 0.29) is 12.1 Å². The molecular weight excluding hydrogens is 261 g/mol. The van der Waals surface area contributed by atoms with Crippen LogP contribution in [0.25, 0.3) is 0 Å². The van der Waals surface area contributed by atoms with E-state index < -0.39 is 11.7 Å². The van der Waals surface area contributed by atoms with E-state index in [0.717, 1.165) is 0 Å². The zero-order valence-electron chi connectivity index (χ0n) is 10.9. The molecule has 0 fully saturated rings. The van der Waals surface area contributed by atoms with E-state index in [0.29, 0.717) is 16.9 Å². The fraction of sp³-hybridized carbons (Fsp3) is 0.143. The second kappa shape index (κ2) is 5.56. The molecule has 6 heteroatoms. The van der Waals surface area contributed by atoms with Crippen molar-refractivity contribution in [2.75, 3.05) is 11.1 Å². The van der Waals surface area contributed by atoms with Gasteiger partial charge in [0.05, 0.1) is 0 Å². The lowest BCUT2D eigenvalue weighted by Crippen LogP contribution is -2.27. The van der Waals surface area contributed by atoms with Gasteiger partial charge in [-0.3, -0.25) is 9.59 Å². The van der Waals surface area contributed by atoms with Crippen molar-refractivity contribution in [3.05, 3.63) is 58.3 Å². The van der Waals surface area contributed by atoms with Crippen LogP contribution in [-0.4, -0.2) is 10.5 Å². The highest BCUT2D eigenvalue weighted by Gasteiger charge is 2.06. The molecule has 1 heterocycles. The maximum Gasteiger partial charge on any atom is 0.251 e. The number of benzene rings is 1. The number of nitrogens with zero attached hydrogens (tertiary/aromatic N) is 1. The van der Waals surface area contributed by atoms with E-state index in [2.05, 4.69) is 5.32 Å². The molecule has 0 saturated carbocycles. The van der Waals surface area contributed by atoms with Crippen LogP contribution in [0.2, 0.25) is 0 Å². The van der Waals surface area contributed by atoms with E-state index in [1.54, 1.807) is 13.0 Å². The molecule has 1 aromatic heterocycles. The molecule has 104 valence electrons. The highest BCUT2D eigenvalue weighted by Crippen LogP contribution is 2.13. The molecular formula is C14H14FN3O2. The molecule has 0 radical (unpaired) electrons. The topological polar surface area (TPSA) is 77.1 Å². The summed E-state index contributed by atoms with van der Waals surface area (Å²) in [7, 11) is 0. The number of anilines is 2. The van der Waals surface area contributed by atoms with E-state index in [9.17, 15) is 14.0 Å². The highest BCUT2D eigenvalue weighted by atomic mass is 19.1. The van der Waals surface area contributed by atoms with E-state index in [1.165, 1.54) is 35.0 Å². The molecule has 0 unspecified atom stereocenters. The van der Waals surface area contributed by atoms with Gasteiger partial charge in [-0.15, -0.1) is 0 Å². The summed E-state index contributed by atoms with van der Waals surface area (Å²) in [6.45, 7) is 1.54. The lowest BCUT2D eigenvalue weighted by Gasteiger charge is -2.08. The Balaban J connectivity index is 2.13. The number of rotatable bonds is 3. The lowest BCUT2D eigenvalue weighted by atomic mass is 10.2. The van der Waals surface area contributed by atoms with E-state index in [4.69, 9.17) is 5.73 Å². The summed E-state index contributed by atoms with van der Waals surface area (Å²) in [6.07, 6.45) is 1.39. The summed E-state index contributed by atoms with van der Waals surface area (Å²) in [5, 5.41) is 2.54. The third-order valence-corrected chi connectivity index (χ3v) is 2.65. The number of pyridine rings is 1. The molecule has 0 aliphatic heterocycles. The Morgan fingerprint density at radius 2 is 2.10 bits per heavy atom. The van der Waals surface area contributed by atoms with Crippen LogP contribution in [0.1, 0.15) is 5.56 Å². The van der Waals surface area contributed by atoms with Gasteiger partial charge in [0.1, 0.15) is 12.4 Å².